The Balaban J connectivity index is 2.17. The topological polar surface area (TPSA) is 18.5 Å². The predicted octanol–water partition coefficient (Wildman–Crippen LogP) is 7.45. The number of halogens is 9. The zero-order chi connectivity index (χ0) is 26.0. The van der Waals surface area contributed by atoms with Crippen LogP contribution in [0.15, 0.2) is 91.0 Å². The van der Waals surface area contributed by atoms with E-state index in [4.69, 9.17) is 111 Å². The van der Waals surface area contributed by atoms with E-state index in [1.807, 2.05) is 91.0 Å². The Morgan fingerprint density at radius 2 is 0.771 bits per heavy atom. The van der Waals surface area contributed by atoms with Crippen molar-refractivity contribution in [3.8, 4) is 0 Å². The van der Waals surface area contributed by atoms with Gasteiger partial charge in [-0.1, -0.05) is 0 Å². The van der Waals surface area contributed by atoms with Gasteiger partial charge in [0, 0.05) is 0 Å². The molecule has 0 heterocycles. The normalized spacial score (nSPS) is 13.4. The molecule has 2 nitrogen and oxygen atoms in total. The molecule has 0 aromatic heterocycles. The number of alkyl halides is 9. The van der Waals surface area contributed by atoms with E-state index in [9.17, 15) is 0 Å². The van der Waals surface area contributed by atoms with Crippen LogP contribution in [0.2, 0.25) is 0 Å². The zero-order valence-corrected chi connectivity index (χ0v) is 28.4. The standard InChI is InChI=1S/C18H15OSi.C4Cl9O.Zn/c19-20(16-10-4-1-5-11-16,17-12-6-2-7-13-17)18-14-8-3-9-15-18;5-2(6,7)1(14,3(8,9)10)4(11,12)13;/h1-15H;;/q2*-1;+2. The van der Waals surface area contributed by atoms with E-state index in [0.29, 0.717) is 0 Å². The molecule has 0 atom stereocenters. The molecule has 0 aliphatic rings. The van der Waals surface area contributed by atoms with Gasteiger partial charge in [0.1, 0.15) is 0 Å². The van der Waals surface area contributed by atoms with Gasteiger partial charge < -0.3 is 0 Å². The summed E-state index contributed by atoms with van der Waals surface area (Å²) in [6.45, 7) is 0. The van der Waals surface area contributed by atoms with E-state index in [1.165, 1.54) is 0 Å². The average Bonchev–Trinajstić information content (AvgIpc) is 2.78. The van der Waals surface area contributed by atoms with Crippen LogP contribution in [0.3, 0.4) is 0 Å². The van der Waals surface area contributed by atoms with Crippen LogP contribution < -0.4 is 15.6 Å². The summed E-state index contributed by atoms with van der Waals surface area (Å²) in [5, 5.41) is 2.90. The monoisotopic (exact) mass is 718 g/mol. The summed E-state index contributed by atoms with van der Waals surface area (Å²) in [6, 6.07) is 29.4. The molecule has 0 aliphatic heterocycles. The first kappa shape index (κ1) is 30.6. The Hall–Kier alpha value is 1.03. The van der Waals surface area contributed by atoms with Crippen LogP contribution in [0.1, 0.15) is 0 Å². The SMILES string of the molecule is ClC(Cl)(Cl)C([O][Zn][O][Si](c1ccccc1)(c1ccccc1)c1ccccc1)(C(Cl)(Cl)Cl)C(Cl)(Cl)Cl. The van der Waals surface area contributed by atoms with E-state index in [2.05, 4.69) is 0 Å². The van der Waals surface area contributed by atoms with Gasteiger partial charge in [-0.2, -0.15) is 0 Å². The fourth-order valence-electron chi connectivity index (χ4n) is 3.70. The second kappa shape index (κ2) is 12.0. The molecule has 0 amide bonds. The van der Waals surface area contributed by atoms with Crippen molar-refractivity contribution in [3.63, 3.8) is 0 Å². The van der Waals surface area contributed by atoms with E-state index >= 15 is 0 Å². The molecule has 0 saturated carbocycles. The van der Waals surface area contributed by atoms with Crippen molar-refractivity contribution in [1.82, 2.24) is 0 Å². The van der Waals surface area contributed by atoms with Gasteiger partial charge in [0.25, 0.3) is 0 Å². The maximum absolute atomic E-state index is 6.81. The van der Waals surface area contributed by atoms with Gasteiger partial charge in [-0.3, -0.25) is 0 Å². The van der Waals surface area contributed by atoms with Crippen LogP contribution in [-0.2, 0) is 24.7 Å². The minimum atomic E-state index is -3.13. The van der Waals surface area contributed by atoms with Crippen LogP contribution in [0.25, 0.3) is 0 Å². The van der Waals surface area contributed by atoms with Gasteiger partial charge in [0.15, 0.2) is 0 Å². The first-order valence-corrected chi connectivity index (χ1v) is 17.7. The van der Waals surface area contributed by atoms with E-state index < -0.39 is 43.1 Å². The molecule has 3 aromatic rings. The molecule has 13 heteroatoms. The molecule has 0 aliphatic carbocycles. The summed E-state index contributed by atoms with van der Waals surface area (Å²) in [5.41, 5.74) is -2.46. The van der Waals surface area contributed by atoms with Crippen molar-refractivity contribution in [2.45, 2.75) is 17.0 Å². The zero-order valence-electron chi connectivity index (χ0n) is 17.6. The van der Waals surface area contributed by atoms with Gasteiger partial charge in [-0.05, 0) is 0 Å². The molecule has 35 heavy (non-hydrogen) atoms. The number of benzene rings is 3. The molecule has 0 radical (unpaired) electrons. The van der Waals surface area contributed by atoms with E-state index in [1.54, 1.807) is 0 Å². The van der Waals surface area contributed by atoms with Crippen molar-refractivity contribution in [2.75, 3.05) is 0 Å². The molecule has 0 unspecified atom stereocenters. The molecule has 0 spiro atoms. The van der Waals surface area contributed by atoms with Crippen LogP contribution >= 0.6 is 104 Å². The Kier molecular flexibility index (Phi) is 10.5. The van der Waals surface area contributed by atoms with Gasteiger partial charge in [0.2, 0.25) is 0 Å². The number of hydrogen-bond donors (Lipinski definition) is 0. The van der Waals surface area contributed by atoms with Gasteiger partial charge >= 0.3 is 261 Å². The Labute approximate surface area is 258 Å². The summed E-state index contributed by atoms with van der Waals surface area (Å²) in [6.07, 6.45) is 0. The molecule has 0 N–H and O–H groups in total. The van der Waals surface area contributed by atoms with E-state index in [-0.39, 0.29) is 0 Å². The quantitative estimate of drug-likeness (QED) is 0.143. The summed E-state index contributed by atoms with van der Waals surface area (Å²) in [4.78, 5) is 0. The molecule has 0 saturated heterocycles. The fourth-order valence-corrected chi connectivity index (χ4v) is 19.9. The third-order valence-electron chi connectivity index (χ3n) is 5.29. The van der Waals surface area contributed by atoms with Crippen molar-refractivity contribution >= 4 is 128 Å². The van der Waals surface area contributed by atoms with Gasteiger partial charge in [-0.25, -0.2) is 0 Å². The maximum atomic E-state index is 6.81. The van der Waals surface area contributed by atoms with Gasteiger partial charge in [-0.15, -0.1) is 0 Å². The Morgan fingerprint density at radius 1 is 0.486 bits per heavy atom. The third kappa shape index (κ3) is 6.28. The summed E-state index contributed by atoms with van der Waals surface area (Å²) in [5.74, 6) is 0. The van der Waals surface area contributed by atoms with Crippen LogP contribution in [0, 0.1) is 0 Å². The summed E-state index contributed by atoms with van der Waals surface area (Å²) >= 11 is 53.2. The summed E-state index contributed by atoms with van der Waals surface area (Å²) < 4.78 is 5.55. The van der Waals surface area contributed by atoms with Crippen molar-refractivity contribution < 1.29 is 24.7 Å². The fraction of sp³-hybridized carbons (Fsp3) is 0.182. The van der Waals surface area contributed by atoms with Crippen molar-refractivity contribution in [3.05, 3.63) is 91.0 Å². The molecule has 3 aromatic carbocycles. The second-order valence-electron chi connectivity index (χ2n) is 7.36. The van der Waals surface area contributed by atoms with Gasteiger partial charge in [0.05, 0.1) is 0 Å². The molecule has 0 bridgehead atoms. The number of hydrogen-bond acceptors (Lipinski definition) is 2. The molecular formula is C22H15Cl9O2SiZn. The molecular weight excluding hydrogens is 709 g/mol. The first-order chi connectivity index (χ1) is 16.3. The Morgan fingerprint density at radius 3 is 1.03 bits per heavy atom. The van der Waals surface area contributed by atoms with Crippen LogP contribution in [0.4, 0.5) is 0 Å². The summed E-state index contributed by atoms with van der Waals surface area (Å²) in [7, 11) is -3.13. The third-order valence-corrected chi connectivity index (χ3v) is 16.3. The molecule has 0 fully saturated rings. The minimum absolute atomic E-state index is 0.967. The van der Waals surface area contributed by atoms with Crippen molar-refractivity contribution in [2.24, 2.45) is 0 Å². The average molecular weight is 724 g/mol. The van der Waals surface area contributed by atoms with Crippen LogP contribution in [-0.4, -0.2) is 25.3 Å². The molecule has 184 valence electrons. The predicted molar refractivity (Wildman–Crippen MR) is 150 cm³/mol. The first-order valence-electron chi connectivity index (χ1n) is 9.92. The number of rotatable bonds is 7. The second-order valence-corrected chi connectivity index (χ2v) is 20.5. The van der Waals surface area contributed by atoms with Crippen molar-refractivity contribution in [1.29, 1.82) is 0 Å². The Bertz CT molecular complexity index is 956. The van der Waals surface area contributed by atoms with E-state index in [0.717, 1.165) is 15.6 Å². The van der Waals surface area contributed by atoms with Crippen LogP contribution in [0.5, 0.6) is 0 Å². The molecule has 3 rings (SSSR count).